The number of anilines is 1. The lowest BCUT2D eigenvalue weighted by molar-refractivity contribution is -0.115. The van der Waals surface area contributed by atoms with Crippen molar-refractivity contribution in [2.75, 3.05) is 24.0 Å². The molecule has 2 aromatic rings. The highest BCUT2D eigenvalue weighted by molar-refractivity contribution is 8.00. The summed E-state index contributed by atoms with van der Waals surface area (Å²) >= 11 is 3.39. The minimum absolute atomic E-state index is 0.0387. The number of carbonyl (C=O) groups excluding carboxylic acids is 1. The topological polar surface area (TPSA) is 29.5 Å². The molecule has 22 heavy (non-hydrogen) atoms. The first kappa shape index (κ1) is 15.3. The Hall–Kier alpha value is -1.59. The van der Waals surface area contributed by atoms with E-state index in [0.29, 0.717) is 5.75 Å². The summed E-state index contributed by atoms with van der Waals surface area (Å²) in [6, 6.07) is 16.1. The molecule has 0 aliphatic carbocycles. The molecule has 1 amide bonds. The maximum absolute atomic E-state index is 12.3. The molecule has 0 bridgehead atoms. The monoisotopic (exact) mass is 331 g/mol. The molecule has 0 spiro atoms. The minimum Gasteiger partial charge on any atom is -0.497 e. The van der Waals surface area contributed by atoms with Crippen LogP contribution >= 0.6 is 23.5 Å². The number of hydrogen-bond acceptors (Lipinski definition) is 4. The summed E-state index contributed by atoms with van der Waals surface area (Å²) in [5.74, 6) is 1.46. The van der Waals surface area contributed by atoms with E-state index < -0.39 is 0 Å². The van der Waals surface area contributed by atoms with Gasteiger partial charge in [0.1, 0.15) is 11.1 Å². The molecule has 1 fully saturated rings. The zero-order valence-electron chi connectivity index (χ0n) is 12.5. The molecule has 0 N–H and O–H groups in total. The number of ether oxygens (including phenoxy) is 1. The Morgan fingerprint density at radius 1 is 1.14 bits per heavy atom. The van der Waals surface area contributed by atoms with Crippen LogP contribution in [-0.2, 0) is 4.79 Å². The molecule has 1 atom stereocenters. The van der Waals surface area contributed by atoms with E-state index in [2.05, 4.69) is 30.5 Å². The number of hydrogen-bond donors (Lipinski definition) is 0. The van der Waals surface area contributed by atoms with E-state index in [4.69, 9.17) is 4.74 Å². The third kappa shape index (κ3) is 2.96. The number of amides is 1. The van der Waals surface area contributed by atoms with Gasteiger partial charge in [-0.25, -0.2) is 0 Å². The molecule has 2 aromatic carbocycles. The molecule has 0 radical (unpaired) electrons. The Bertz CT molecular complexity index is 655. The third-order valence-corrected chi connectivity index (χ3v) is 5.58. The second kappa shape index (κ2) is 6.67. The summed E-state index contributed by atoms with van der Waals surface area (Å²) < 4.78 is 5.18. The van der Waals surface area contributed by atoms with E-state index in [0.717, 1.165) is 17.0 Å². The van der Waals surface area contributed by atoms with Crippen LogP contribution in [0.15, 0.2) is 53.4 Å². The molecule has 1 unspecified atom stereocenters. The average molecular weight is 331 g/mol. The Morgan fingerprint density at radius 3 is 2.41 bits per heavy atom. The highest BCUT2D eigenvalue weighted by atomic mass is 32.2. The van der Waals surface area contributed by atoms with Crippen LogP contribution in [0.5, 0.6) is 5.75 Å². The highest BCUT2D eigenvalue weighted by Gasteiger charge is 2.33. The summed E-state index contributed by atoms with van der Waals surface area (Å²) in [5, 5.41) is 0.0387. The fraction of sp³-hybridized carbons (Fsp3) is 0.235. The van der Waals surface area contributed by atoms with Crippen molar-refractivity contribution in [3.8, 4) is 5.75 Å². The van der Waals surface area contributed by atoms with Gasteiger partial charge in [-0.05, 0) is 48.2 Å². The fourth-order valence-electron chi connectivity index (χ4n) is 2.46. The number of rotatable bonds is 4. The van der Waals surface area contributed by atoms with Gasteiger partial charge in [-0.1, -0.05) is 12.1 Å². The fourth-order valence-corrected chi connectivity index (χ4v) is 4.05. The predicted molar refractivity (Wildman–Crippen MR) is 93.9 cm³/mol. The maximum Gasteiger partial charge on any atom is 0.238 e. The van der Waals surface area contributed by atoms with Crippen molar-refractivity contribution in [2.45, 2.75) is 10.3 Å². The Balaban J connectivity index is 1.90. The van der Waals surface area contributed by atoms with Gasteiger partial charge in [-0.2, -0.15) is 0 Å². The summed E-state index contributed by atoms with van der Waals surface area (Å²) in [5.41, 5.74) is 2.07. The summed E-state index contributed by atoms with van der Waals surface area (Å²) in [6.45, 7) is 0. The second-order valence-electron chi connectivity index (χ2n) is 4.90. The van der Waals surface area contributed by atoms with Gasteiger partial charge in [-0.15, -0.1) is 23.5 Å². The lowest BCUT2D eigenvalue weighted by Gasteiger charge is -2.24. The number of methoxy groups -OCH3 is 1. The second-order valence-corrected chi connectivity index (χ2v) is 6.85. The van der Waals surface area contributed by atoms with Gasteiger partial charge in [0, 0.05) is 10.6 Å². The van der Waals surface area contributed by atoms with Crippen molar-refractivity contribution in [1.29, 1.82) is 0 Å². The first-order valence-electron chi connectivity index (χ1n) is 6.94. The van der Waals surface area contributed by atoms with E-state index in [1.54, 1.807) is 30.6 Å². The zero-order valence-corrected chi connectivity index (χ0v) is 14.1. The van der Waals surface area contributed by atoms with Gasteiger partial charge in [-0.3, -0.25) is 9.69 Å². The van der Waals surface area contributed by atoms with Crippen LogP contribution in [0.4, 0.5) is 5.69 Å². The van der Waals surface area contributed by atoms with Crippen LogP contribution in [0.3, 0.4) is 0 Å². The number of benzene rings is 2. The van der Waals surface area contributed by atoms with E-state index in [1.165, 1.54) is 4.90 Å². The van der Waals surface area contributed by atoms with Crippen molar-refractivity contribution < 1.29 is 9.53 Å². The third-order valence-electron chi connectivity index (χ3n) is 3.62. The summed E-state index contributed by atoms with van der Waals surface area (Å²) in [6.07, 6.45) is 2.06. The van der Waals surface area contributed by atoms with Crippen LogP contribution in [0.25, 0.3) is 0 Å². The SMILES string of the molecule is COc1ccc(N2C(=O)CSC2c2ccc(SC)cc2)cc1. The largest absolute Gasteiger partial charge is 0.497 e. The first-order chi connectivity index (χ1) is 10.7. The van der Waals surface area contributed by atoms with Crippen molar-refractivity contribution in [2.24, 2.45) is 0 Å². The van der Waals surface area contributed by atoms with Crippen molar-refractivity contribution in [3.63, 3.8) is 0 Å². The van der Waals surface area contributed by atoms with Crippen LogP contribution < -0.4 is 9.64 Å². The van der Waals surface area contributed by atoms with Crippen molar-refractivity contribution >= 4 is 35.1 Å². The van der Waals surface area contributed by atoms with Gasteiger partial charge < -0.3 is 4.74 Å². The number of thioether (sulfide) groups is 2. The molecular formula is C17H17NO2S2. The Kier molecular flexibility index (Phi) is 4.64. The molecule has 114 valence electrons. The number of carbonyl (C=O) groups is 1. The molecule has 0 aromatic heterocycles. The lowest BCUT2D eigenvalue weighted by Crippen LogP contribution is -2.27. The smallest absolute Gasteiger partial charge is 0.238 e. The maximum atomic E-state index is 12.3. The van der Waals surface area contributed by atoms with Gasteiger partial charge in [0.25, 0.3) is 0 Å². The van der Waals surface area contributed by atoms with E-state index >= 15 is 0 Å². The Morgan fingerprint density at radius 2 is 1.82 bits per heavy atom. The average Bonchev–Trinajstić information content (AvgIpc) is 2.96. The van der Waals surface area contributed by atoms with Gasteiger partial charge in [0.05, 0.1) is 12.9 Å². The van der Waals surface area contributed by atoms with E-state index in [-0.39, 0.29) is 11.3 Å². The predicted octanol–water partition coefficient (Wildman–Crippen LogP) is 4.20. The molecule has 1 heterocycles. The van der Waals surface area contributed by atoms with Crippen LogP contribution in [0.1, 0.15) is 10.9 Å². The first-order valence-corrected chi connectivity index (χ1v) is 9.22. The van der Waals surface area contributed by atoms with Gasteiger partial charge >= 0.3 is 0 Å². The molecule has 1 saturated heterocycles. The molecular weight excluding hydrogens is 314 g/mol. The van der Waals surface area contributed by atoms with Crippen LogP contribution in [-0.4, -0.2) is 25.0 Å². The van der Waals surface area contributed by atoms with E-state index in [9.17, 15) is 4.79 Å². The van der Waals surface area contributed by atoms with Crippen LogP contribution in [0.2, 0.25) is 0 Å². The Labute approximate surface area is 139 Å². The number of nitrogens with zero attached hydrogens (tertiary/aromatic N) is 1. The van der Waals surface area contributed by atoms with Crippen molar-refractivity contribution in [1.82, 2.24) is 0 Å². The molecule has 3 rings (SSSR count). The minimum atomic E-state index is 0.0387. The van der Waals surface area contributed by atoms with Gasteiger partial charge in [0.15, 0.2) is 0 Å². The zero-order chi connectivity index (χ0) is 15.5. The molecule has 3 nitrogen and oxygen atoms in total. The lowest BCUT2D eigenvalue weighted by atomic mass is 10.2. The normalized spacial score (nSPS) is 17.8. The molecule has 0 saturated carbocycles. The molecule has 1 aliphatic heterocycles. The van der Waals surface area contributed by atoms with Crippen molar-refractivity contribution in [3.05, 3.63) is 54.1 Å². The summed E-state index contributed by atoms with van der Waals surface area (Å²) in [4.78, 5) is 15.4. The quantitative estimate of drug-likeness (QED) is 0.786. The van der Waals surface area contributed by atoms with E-state index in [1.807, 2.05) is 29.2 Å². The molecule has 1 aliphatic rings. The van der Waals surface area contributed by atoms with Crippen LogP contribution in [0, 0.1) is 0 Å². The summed E-state index contributed by atoms with van der Waals surface area (Å²) in [7, 11) is 1.64. The van der Waals surface area contributed by atoms with Gasteiger partial charge in [0.2, 0.25) is 5.91 Å². The molecule has 5 heteroatoms. The standard InChI is InChI=1S/C17H17NO2S2/c1-20-14-7-5-13(6-8-14)18-16(19)11-22-17(18)12-3-9-15(21-2)10-4-12/h3-10,17H,11H2,1-2H3. The highest BCUT2D eigenvalue weighted by Crippen LogP contribution is 2.42.